The number of anilines is 1. The van der Waals surface area contributed by atoms with Gasteiger partial charge in [0.05, 0.1) is 27.8 Å². The van der Waals surface area contributed by atoms with Crippen LogP contribution < -0.4 is 4.90 Å². The van der Waals surface area contributed by atoms with E-state index < -0.39 is 21.0 Å². The molecule has 0 aliphatic carbocycles. The van der Waals surface area contributed by atoms with Crippen LogP contribution in [0.15, 0.2) is 66.7 Å². The third kappa shape index (κ3) is 5.02. The van der Waals surface area contributed by atoms with Crippen molar-refractivity contribution < 1.29 is 22.8 Å². The smallest absolute Gasteiger partial charge is 0.266 e. The van der Waals surface area contributed by atoms with Crippen molar-refractivity contribution in [3.05, 3.63) is 100 Å². The molecule has 1 heterocycles. The second-order valence-corrected chi connectivity index (χ2v) is 12.3. The van der Waals surface area contributed by atoms with Crippen LogP contribution in [0.25, 0.3) is 0 Å². The van der Waals surface area contributed by atoms with Crippen LogP contribution in [-0.4, -0.2) is 31.3 Å². The summed E-state index contributed by atoms with van der Waals surface area (Å²) < 4.78 is 24.3. The Labute approximate surface area is 211 Å². The minimum absolute atomic E-state index is 0.0570. The predicted molar refractivity (Wildman–Crippen MR) is 140 cm³/mol. The number of carbonyl (C=O) groups excluding carboxylic acids is 3. The van der Waals surface area contributed by atoms with Crippen LogP contribution in [0.2, 0.25) is 0 Å². The number of Topliss-reactive ketones (excluding diaryl/α,β-unsaturated/α-hetero) is 1. The molecule has 7 heteroatoms. The van der Waals surface area contributed by atoms with Crippen molar-refractivity contribution >= 4 is 33.1 Å². The van der Waals surface area contributed by atoms with E-state index in [0.29, 0.717) is 33.9 Å². The average Bonchev–Trinajstić information content (AvgIpc) is 3.08. The first-order chi connectivity index (χ1) is 17.0. The van der Waals surface area contributed by atoms with Crippen molar-refractivity contribution in [1.82, 2.24) is 0 Å². The predicted octanol–water partition coefficient (Wildman–Crippen LogP) is 5.36. The first-order valence-corrected chi connectivity index (χ1v) is 13.6. The Balaban J connectivity index is 1.50. The van der Waals surface area contributed by atoms with Crippen LogP contribution in [0.1, 0.15) is 81.4 Å². The Morgan fingerprint density at radius 1 is 0.778 bits per heavy atom. The molecule has 1 aliphatic rings. The zero-order chi connectivity index (χ0) is 26.2. The maximum atomic E-state index is 13.1. The molecule has 0 spiro atoms. The van der Waals surface area contributed by atoms with E-state index in [4.69, 9.17) is 0 Å². The molecule has 36 heavy (non-hydrogen) atoms. The van der Waals surface area contributed by atoms with Crippen molar-refractivity contribution in [3.8, 4) is 0 Å². The standard InChI is InChI=1S/C29H29NO5S/c1-18(2)22-10-12-24(13-11-22)30-28(32)25-14-7-21(15-26(25)29(30)33)16-27(31)23-8-5-20(6-9-23)17-36(34,35)19(3)4/h5-15,18-19H,16-17H2,1-4H3. The van der Waals surface area contributed by atoms with Crippen molar-refractivity contribution in [3.63, 3.8) is 0 Å². The molecule has 0 saturated heterocycles. The molecular weight excluding hydrogens is 474 g/mol. The van der Waals surface area contributed by atoms with E-state index in [1.54, 1.807) is 68.4 Å². The number of rotatable bonds is 8. The lowest BCUT2D eigenvalue weighted by Gasteiger charge is -2.15. The molecule has 0 atom stereocenters. The molecule has 3 aromatic carbocycles. The van der Waals surface area contributed by atoms with Gasteiger partial charge >= 0.3 is 0 Å². The molecule has 0 unspecified atom stereocenters. The number of sulfone groups is 1. The fourth-order valence-electron chi connectivity index (χ4n) is 4.11. The summed E-state index contributed by atoms with van der Waals surface area (Å²) in [4.78, 5) is 40.1. The highest BCUT2D eigenvalue weighted by Gasteiger charge is 2.36. The maximum absolute atomic E-state index is 13.1. The Hall–Kier alpha value is -3.58. The van der Waals surface area contributed by atoms with Crippen molar-refractivity contribution in [2.24, 2.45) is 0 Å². The molecule has 186 valence electrons. The summed E-state index contributed by atoms with van der Waals surface area (Å²) in [5.74, 6) is -0.678. The second-order valence-electron chi connectivity index (χ2n) is 9.72. The first kappa shape index (κ1) is 25.5. The number of hydrogen-bond acceptors (Lipinski definition) is 5. The fourth-order valence-corrected chi connectivity index (χ4v) is 5.10. The lowest BCUT2D eigenvalue weighted by molar-refractivity contribution is 0.0923. The molecule has 0 N–H and O–H groups in total. The molecular formula is C29H29NO5S. The van der Waals surface area contributed by atoms with Gasteiger partial charge in [0.25, 0.3) is 11.8 Å². The second kappa shape index (κ2) is 9.82. The molecule has 2 amide bonds. The quantitative estimate of drug-likeness (QED) is 0.305. The van der Waals surface area contributed by atoms with Crippen molar-refractivity contribution in [2.45, 2.75) is 51.0 Å². The Kier molecular flexibility index (Phi) is 6.96. The monoisotopic (exact) mass is 503 g/mol. The number of hydrogen-bond donors (Lipinski definition) is 0. The van der Waals surface area contributed by atoms with Gasteiger partial charge in [0.1, 0.15) is 0 Å². The Morgan fingerprint density at radius 2 is 1.36 bits per heavy atom. The fraction of sp³-hybridized carbons (Fsp3) is 0.276. The van der Waals surface area contributed by atoms with Crippen LogP contribution in [0, 0.1) is 0 Å². The molecule has 0 saturated carbocycles. The Morgan fingerprint density at radius 3 is 1.94 bits per heavy atom. The summed E-state index contributed by atoms with van der Waals surface area (Å²) >= 11 is 0. The highest BCUT2D eigenvalue weighted by Crippen LogP contribution is 2.30. The van der Waals surface area contributed by atoms with Gasteiger partial charge in [0, 0.05) is 12.0 Å². The van der Waals surface area contributed by atoms with E-state index >= 15 is 0 Å². The van der Waals surface area contributed by atoms with Gasteiger partial charge < -0.3 is 0 Å². The normalized spacial score (nSPS) is 13.6. The first-order valence-electron chi connectivity index (χ1n) is 11.9. The van der Waals surface area contributed by atoms with E-state index in [1.165, 1.54) is 4.90 Å². The topological polar surface area (TPSA) is 88.6 Å². The zero-order valence-electron chi connectivity index (χ0n) is 20.8. The van der Waals surface area contributed by atoms with Gasteiger partial charge in [-0.1, -0.05) is 56.3 Å². The summed E-state index contributed by atoms with van der Waals surface area (Å²) in [6, 6.07) is 18.8. The van der Waals surface area contributed by atoms with Gasteiger partial charge in [-0.25, -0.2) is 13.3 Å². The number of imide groups is 1. The van der Waals surface area contributed by atoms with Gasteiger partial charge in [-0.15, -0.1) is 0 Å². The minimum atomic E-state index is -3.23. The molecule has 0 fully saturated rings. The number of nitrogens with zero attached hydrogens (tertiary/aromatic N) is 1. The molecule has 0 aromatic heterocycles. The molecule has 3 aromatic rings. The third-order valence-corrected chi connectivity index (χ3v) is 8.67. The molecule has 0 bridgehead atoms. The van der Waals surface area contributed by atoms with Gasteiger partial charge in [0.2, 0.25) is 0 Å². The number of amides is 2. The highest BCUT2D eigenvalue weighted by molar-refractivity contribution is 7.91. The SMILES string of the molecule is CC(C)c1ccc(N2C(=O)c3ccc(CC(=O)c4ccc(CS(=O)(=O)C(C)C)cc4)cc3C2=O)cc1. The zero-order valence-corrected chi connectivity index (χ0v) is 21.6. The maximum Gasteiger partial charge on any atom is 0.266 e. The van der Waals surface area contributed by atoms with E-state index in [-0.39, 0.29) is 29.4 Å². The summed E-state index contributed by atoms with van der Waals surface area (Å²) in [6.45, 7) is 7.44. The van der Waals surface area contributed by atoms with E-state index in [9.17, 15) is 22.8 Å². The van der Waals surface area contributed by atoms with Gasteiger partial charge in [-0.3, -0.25) is 14.4 Å². The van der Waals surface area contributed by atoms with E-state index in [0.717, 1.165) is 5.56 Å². The van der Waals surface area contributed by atoms with Gasteiger partial charge in [0.15, 0.2) is 15.6 Å². The number of ketones is 1. The molecule has 4 rings (SSSR count). The average molecular weight is 504 g/mol. The lowest BCUT2D eigenvalue weighted by atomic mass is 9.99. The van der Waals surface area contributed by atoms with E-state index in [2.05, 4.69) is 13.8 Å². The van der Waals surface area contributed by atoms with Crippen LogP contribution in [-0.2, 0) is 22.0 Å². The van der Waals surface area contributed by atoms with Crippen LogP contribution in [0.5, 0.6) is 0 Å². The summed E-state index contributed by atoms with van der Waals surface area (Å²) in [5.41, 5.74) is 3.95. The van der Waals surface area contributed by atoms with Crippen molar-refractivity contribution in [1.29, 1.82) is 0 Å². The molecule has 1 aliphatic heterocycles. The number of fused-ring (bicyclic) bond motifs is 1. The van der Waals surface area contributed by atoms with E-state index in [1.807, 2.05) is 12.1 Å². The third-order valence-electron chi connectivity index (χ3n) is 6.50. The molecule has 0 radical (unpaired) electrons. The number of benzene rings is 3. The summed E-state index contributed by atoms with van der Waals surface area (Å²) in [6.07, 6.45) is 0.0570. The largest absolute Gasteiger partial charge is 0.294 e. The lowest BCUT2D eigenvalue weighted by Crippen LogP contribution is -2.29. The highest BCUT2D eigenvalue weighted by atomic mass is 32.2. The summed E-state index contributed by atoms with van der Waals surface area (Å²) in [7, 11) is -3.23. The van der Waals surface area contributed by atoms with Crippen LogP contribution in [0.4, 0.5) is 5.69 Å². The van der Waals surface area contributed by atoms with Crippen LogP contribution >= 0.6 is 0 Å². The number of carbonyl (C=O) groups is 3. The van der Waals surface area contributed by atoms with Crippen molar-refractivity contribution in [2.75, 3.05) is 4.90 Å². The summed E-state index contributed by atoms with van der Waals surface area (Å²) in [5, 5.41) is -0.469. The van der Waals surface area contributed by atoms with Gasteiger partial charge in [-0.05, 0) is 60.7 Å². The van der Waals surface area contributed by atoms with Crippen LogP contribution in [0.3, 0.4) is 0 Å². The molecule has 6 nitrogen and oxygen atoms in total. The minimum Gasteiger partial charge on any atom is -0.294 e. The van der Waals surface area contributed by atoms with Gasteiger partial charge in [-0.2, -0.15) is 0 Å². The Bertz CT molecular complexity index is 1440.